The summed E-state index contributed by atoms with van der Waals surface area (Å²) in [5.74, 6) is -1.96. The van der Waals surface area contributed by atoms with E-state index in [9.17, 15) is 24.6 Å². The SMILES string of the molecule is COC(=O)C1CCCCC1C(=O)Nc1ccn(C2OC(CO)C(O)C2O)c(=O)n1. The Balaban J connectivity index is 1.73. The molecule has 4 N–H and O–H groups in total. The maximum absolute atomic E-state index is 12.6. The second-order valence-corrected chi connectivity index (χ2v) is 7.24. The highest BCUT2D eigenvalue weighted by Gasteiger charge is 2.44. The number of carbonyl (C=O) groups excluding carboxylic acids is 2. The van der Waals surface area contributed by atoms with Crippen LogP contribution >= 0.6 is 0 Å². The first-order chi connectivity index (χ1) is 13.9. The lowest BCUT2D eigenvalue weighted by Crippen LogP contribution is -2.38. The molecule has 3 rings (SSSR count). The first-order valence-electron chi connectivity index (χ1n) is 9.47. The molecule has 2 fully saturated rings. The predicted octanol–water partition coefficient (Wildman–Crippen LogP) is -1.23. The minimum absolute atomic E-state index is 0.00261. The average Bonchev–Trinajstić information content (AvgIpc) is 3.01. The summed E-state index contributed by atoms with van der Waals surface area (Å²) in [6.45, 7) is -0.520. The van der Waals surface area contributed by atoms with Crippen LogP contribution in [0.2, 0.25) is 0 Å². The van der Waals surface area contributed by atoms with Crippen molar-refractivity contribution in [1.29, 1.82) is 0 Å². The van der Waals surface area contributed by atoms with Gasteiger partial charge in [-0.2, -0.15) is 4.98 Å². The van der Waals surface area contributed by atoms with E-state index in [-0.39, 0.29) is 5.82 Å². The number of ether oxygens (including phenoxy) is 2. The Labute approximate surface area is 166 Å². The fourth-order valence-electron chi connectivity index (χ4n) is 3.88. The highest BCUT2D eigenvalue weighted by atomic mass is 16.6. The highest BCUT2D eigenvalue weighted by Crippen LogP contribution is 2.32. The Kier molecular flexibility index (Phi) is 6.63. The van der Waals surface area contributed by atoms with Crippen LogP contribution in [-0.4, -0.2) is 68.8 Å². The maximum atomic E-state index is 12.6. The largest absolute Gasteiger partial charge is 0.469 e. The van der Waals surface area contributed by atoms with Gasteiger partial charge in [0, 0.05) is 6.20 Å². The normalized spacial score (nSPS) is 32.0. The zero-order chi connectivity index (χ0) is 21.1. The van der Waals surface area contributed by atoms with Gasteiger partial charge < -0.3 is 30.1 Å². The third-order valence-corrected chi connectivity index (χ3v) is 5.48. The van der Waals surface area contributed by atoms with Crippen molar-refractivity contribution >= 4 is 17.7 Å². The summed E-state index contributed by atoms with van der Waals surface area (Å²) in [7, 11) is 1.28. The van der Waals surface area contributed by atoms with Gasteiger partial charge in [0.25, 0.3) is 0 Å². The number of hydrogen-bond donors (Lipinski definition) is 4. The molecule has 1 saturated heterocycles. The molecule has 1 aromatic heterocycles. The van der Waals surface area contributed by atoms with Crippen LogP contribution in [0, 0.1) is 11.8 Å². The average molecular weight is 411 g/mol. The number of carbonyl (C=O) groups is 2. The smallest absolute Gasteiger partial charge is 0.351 e. The van der Waals surface area contributed by atoms with Crippen LogP contribution in [0.4, 0.5) is 5.82 Å². The van der Waals surface area contributed by atoms with Crippen molar-refractivity contribution in [2.75, 3.05) is 19.0 Å². The van der Waals surface area contributed by atoms with E-state index in [0.717, 1.165) is 17.4 Å². The molecular formula is C18H25N3O8. The third-order valence-electron chi connectivity index (χ3n) is 5.48. The van der Waals surface area contributed by atoms with E-state index in [1.807, 2.05) is 0 Å². The highest BCUT2D eigenvalue weighted by molar-refractivity contribution is 5.94. The second kappa shape index (κ2) is 8.99. The van der Waals surface area contributed by atoms with E-state index in [1.165, 1.54) is 19.4 Å². The Hall–Kier alpha value is -2.34. The molecular weight excluding hydrogens is 386 g/mol. The molecule has 0 aromatic carbocycles. The zero-order valence-corrected chi connectivity index (χ0v) is 15.9. The van der Waals surface area contributed by atoms with Gasteiger partial charge in [-0.05, 0) is 18.9 Å². The number of aliphatic hydroxyl groups is 3. The summed E-state index contributed by atoms with van der Waals surface area (Å²) in [6, 6.07) is 1.35. The maximum Gasteiger partial charge on any atom is 0.351 e. The Morgan fingerprint density at radius 1 is 1.28 bits per heavy atom. The molecule has 6 atom stereocenters. The lowest BCUT2D eigenvalue weighted by molar-refractivity contribution is -0.151. The Morgan fingerprint density at radius 3 is 2.55 bits per heavy atom. The van der Waals surface area contributed by atoms with Gasteiger partial charge in [-0.15, -0.1) is 0 Å². The fourth-order valence-corrected chi connectivity index (χ4v) is 3.88. The van der Waals surface area contributed by atoms with E-state index < -0.39 is 60.5 Å². The second-order valence-electron chi connectivity index (χ2n) is 7.24. The van der Waals surface area contributed by atoms with Crippen molar-refractivity contribution in [2.45, 2.75) is 50.2 Å². The third kappa shape index (κ3) is 4.32. The van der Waals surface area contributed by atoms with Crippen molar-refractivity contribution in [1.82, 2.24) is 9.55 Å². The van der Waals surface area contributed by atoms with Crippen molar-refractivity contribution in [3.05, 3.63) is 22.7 Å². The van der Waals surface area contributed by atoms with Crippen molar-refractivity contribution in [2.24, 2.45) is 11.8 Å². The Morgan fingerprint density at radius 2 is 1.97 bits per heavy atom. The van der Waals surface area contributed by atoms with E-state index in [0.29, 0.717) is 12.8 Å². The van der Waals surface area contributed by atoms with Crippen LogP contribution in [0.5, 0.6) is 0 Å². The first kappa shape index (κ1) is 21.4. The summed E-state index contributed by atoms with van der Waals surface area (Å²) >= 11 is 0. The molecule has 0 spiro atoms. The number of aromatic nitrogens is 2. The monoisotopic (exact) mass is 411 g/mol. The number of rotatable bonds is 5. The predicted molar refractivity (Wildman–Crippen MR) is 97.6 cm³/mol. The van der Waals surface area contributed by atoms with E-state index in [2.05, 4.69) is 10.3 Å². The van der Waals surface area contributed by atoms with Crippen LogP contribution in [0.1, 0.15) is 31.9 Å². The molecule has 1 amide bonds. The molecule has 2 aliphatic rings. The van der Waals surface area contributed by atoms with Gasteiger partial charge in [0.2, 0.25) is 5.91 Å². The molecule has 29 heavy (non-hydrogen) atoms. The molecule has 0 bridgehead atoms. The zero-order valence-electron chi connectivity index (χ0n) is 15.9. The van der Waals surface area contributed by atoms with Gasteiger partial charge in [0.05, 0.1) is 25.6 Å². The van der Waals surface area contributed by atoms with Gasteiger partial charge in [0.1, 0.15) is 24.1 Å². The number of esters is 1. The van der Waals surface area contributed by atoms with Crippen molar-refractivity contribution in [3.8, 4) is 0 Å². The molecule has 11 nitrogen and oxygen atoms in total. The molecule has 11 heteroatoms. The number of amides is 1. The van der Waals surface area contributed by atoms with Crippen LogP contribution in [-0.2, 0) is 19.1 Å². The molecule has 2 heterocycles. The van der Waals surface area contributed by atoms with Gasteiger partial charge in [-0.3, -0.25) is 14.2 Å². The topological polar surface area (TPSA) is 160 Å². The summed E-state index contributed by atoms with van der Waals surface area (Å²) in [4.78, 5) is 40.7. The van der Waals surface area contributed by atoms with Gasteiger partial charge >= 0.3 is 11.7 Å². The first-order valence-corrected chi connectivity index (χ1v) is 9.47. The van der Waals surface area contributed by atoms with Crippen LogP contribution in [0.15, 0.2) is 17.1 Å². The molecule has 1 aliphatic carbocycles. The van der Waals surface area contributed by atoms with Gasteiger partial charge in [0.15, 0.2) is 6.23 Å². The van der Waals surface area contributed by atoms with Gasteiger partial charge in [-0.1, -0.05) is 12.8 Å². The molecule has 1 saturated carbocycles. The summed E-state index contributed by atoms with van der Waals surface area (Å²) in [6.07, 6.45) is -1.00. The molecule has 1 aromatic rings. The molecule has 1 aliphatic heterocycles. The number of anilines is 1. The van der Waals surface area contributed by atoms with Crippen molar-refractivity contribution < 1.29 is 34.4 Å². The fraction of sp³-hybridized carbons (Fsp3) is 0.667. The van der Waals surface area contributed by atoms with Crippen LogP contribution in [0.3, 0.4) is 0 Å². The minimum atomic E-state index is -1.42. The molecule has 0 radical (unpaired) electrons. The molecule has 6 unspecified atom stereocenters. The summed E-state index contributed by atoms with van der Waals surface area (Å²) in [5, 5.41) is 31.6. The lowest BCUT2D eigenvalue weighted by Gasteiger charge is -2.28. The van der Waals surface area contributed by atoms with Crippen LogP contribution < -0.4 is 11.0 Å². The van der Waals surface area contributed by atoms with E-state index in [1.54, 1.807) is 0 Å². The lowest BCUT2D eigenvalue weighted by atomic mass is 9.78. The number of nitrogens with zero attached hydrogens (tertiary/aromatic N) is 2. The quantitative estimate of drug-likeness (QED) is 0.435. The number of aliphatic hydroxyl groups excluding tert-OH is 3. The Bertz CT molecular complexity index is 813. The number of nitrogens with one attached hydrogen (secondary N) is 1. The van der Waals surface area contributed by atoms with E-state index >= 15 is 0 Å². The van der Waals surface area contributed by atoms with Crippen LogP contribution in [0.25, 0.3) is 0 Å². The van der Waals surface area contributed by atoms with E-state index in [4.69, 9.17) is 14.6 Å². The minimum Gasteiger partial charge on any atom is -0.469 e. The number of hydrogen-bond acceptors (Lipinski definition) is 9. The van der Waals surface area contributed by atoms with Gasteiger partial charge in [-0.25, -0.2) is 4.79 Å². The number of methoxy groups -OCH3 is 1. The van der Waals surface area contributed by atoms with Crippen molar-refractivity contribution in [3.63, 3.8) is 0 Å². The standard InChI is InChI=1S/C18H25N3O8/c1-28-17(26)10-5-3-2-4-9(10)15(25)19-12-6-7-21(18(27)20-12)16-14(24)13(23)11(8-22)29-16/h6-7,9-11,13-14,16,22-24H,2-5,8H2,1H3,(H,19,20,25,27). The molecule has 160 valence electrons. The summed E-state index contributed by atoms with van der Waals surface area (Å²) in [5.41, 5.74) is -0.814. The summed E-state index contributed by atoms with van der Waals surface area (Å²) < 4.78 is 11.1.